The third-order valence-corrected chi connectivity index (χ3v) is 9.70. The first-order valence-corrected chi connectivity index (χ1v) is 11.8. The minimum atomic E-state index is -2.04. The second-order valence-electron chi connectivity index (χ2n) is 7.11. The summed E-state index contributed by atoms with van der Waals surface area (Å²) in [6, 6.07) is 33.9. The van der Waals surface area contributed by atoms with E-state index in [1.807, 2.05) is 31.3 Å². The number of esters is 1. The highest BCUT2D eigenvalue weighted by Gasteiger charge is 2.46. The van der Waals surface area contributed by atoms with Gasteiger partial charge in [0.15, 0.2) is 5.69 Å². The largest absolute Gasteiger partial charge is 0.464 e. The Labute approximate surface area is 177 Å². The molecule has 0 unspecified atom stereocenters. The Hall–Kier alpha value is -3.23. The van der Waals surface area contributed by atoms with Crippen molar-refractivity contribution >= 4 is 29.1 Å². The highest BCUT2D eigenvalue weighted by Crippen LogP contribution is 2.58. The zero-order chi connectivity index (χ0) is 21.0. The van der Waals surface area contributed by atoms with Crippen molar-refractivity contribution in [2.24, 2.45) is 7.05 Å². The molecule has 3 aromatic carbocycles. The summed E-state index contributed by atoms with van der Waals surface area (Å²) in [5, 5.41) is 8.29. The number of benzene rings is 3. The van der Waals surface area contributed by atoms with Crippen molar-refractivity contribution < 1.29 is 9.53 Å². The van der Waals surface area contributed by atoms with Gasteiger partial charge in [0.1, 0.15) is 29.3 Å². The fourth-order valence-corrected chi connectivity index (χ4v) is 8.14. The molecule has 0 spiro atoms. The molecule has 4 aromatic rings. The van der Waals surface area contributed by atoms with Crippen LogP contribution in [0.15, 0.2) is 97.1 Å². The van der Waals surface area contributed by atoms with Crippen molar-refractivity contribution in [3.05, 3.63) is 108 Å². The number of rotatable bonds is 6. The van der Waals surface area contributed by atoms with Crippen molar-refractivity contribution in [2.75, 3.05) is 7.11 Å². The van der Waals surface area contributed by atoms with Crippen molar-refractivity contribution in [3.63, 3.8) is 0 Å². The predicted molar refractivity (Wildman–Crippen MR) is 123 cm³/mol. The average Bonchev–Trinajstić information content (AvgIpc) is 3.18. The van der Waals surface area contributed by atoms with Gasteiger partial charge in [-0.3, -0.25) is 4.68 Å². The molecule has 0 aliphatic rings. The Morgan fingerprint density at radius 3 is 1.67 bits per heavy atom. The number of aromatic nitrogens is 2. The van der Waals surface area contributed by atoms with Crippen LogP contribution in [0.5, 0.6) is 0 Å². The summed E-state index contributed by atoms with van der Waals surface area (Å²) in [4.78, 5) is 12.1. The van der Waals surface area contributed by atoms with Crippen LogP contribution in [0, 0.1) is 0 Å². The summed E-state index contributed by atoms with van der Waals surface area (Å²) < 4.78 is 6.68. The zero-order valence-corrected chi connectivity index (χ0v) is 18.0. The standard InChI is InChI=1S/C25H24N2O2P/c1-27-20(18-24(26-27)25(28)29-2)19-30(21-12-6-3-7-13-21,22-14-8-4-9-15-22)23-16-10-5-11-17-23/h3-18H,19H2,1-2H3/q+1. The number of aryl methyl sites for hydroxylation is 1. The highest BCUT2D eigenvalue weighted by molar-refractivity contribution is 7.95. The Morgan fingerprint density at radius 1 is 0.833 bits per heavy atom. The van der Waals surface area contributed by atoms with Gasteiger partial charge in [-0.2, -0.15) is 5.10 Å². The zero-order valence-electron chi connectivity index (χ0n) is 17.1. The van der Waals surface area contributed by atoms with E-state index in [0.29, 0.717) is 5.69 Å². The molecule has 4 rings (SSSR count). The van der Waals surface area contributed by atoms with E-state index in [0.717, 1.165) is 11.9 Å². The number of nitrogens with zero attached hydrogens (tertiary/aromatic N) is 2. The van der Waals surface area contributed by atoms with E-state index in [-0.39, 0.29) is 0 Å². The van der Waals surface area contributed by atoms with E-state index in [1.54, 1.807) is 4.68 Å². The first-order valence-electron chi connectivity index (χ1n) is 9.81. The van der Waals surface area contributed by atoms with Crippen LogP contribution in [0.25, 0.3) is 0 Å². The van der Waals surface area contributed by atoms with Crippen molar-refractivity contribution in [3.8, 4) is 0 Å². The van der Waals surface area contributed by atoms with Gasteiger partial charge in [-0.1, -0.05) is 54.6 Å². The fraction of sp³-hybridized carbons (Fsp3) is 0.120. The number of carbonyl (C=O) groups excluding carboxylic acids is 1. The van der Waals surface area contributed by atoms with E-state index < -0.39 is 13.2 Å². The number of carbonyl (C=O) groups is 1. The molecule has 150 valence electrons. The van der Waals surface area contributed by atoms with Gasteiger partial charge in [0.2, 0.25) is 0 Å². The summed E-state index contributed by atoms with van der Waals surface area (Å²) in [6.07, 6.45) is 0.755. The van der Waals surface area contributed by atoms with E-state index in [1.165, 1.54) is 23.0 Å². The molecule has 0 atom stereocenters. The van der Waals surface area contributed by atoms with Gasteiger partial charge in [-0.05, 0) is 42.5 Å². The maximum Gasteiger partial charge on any atom is 0.358 e. The number of ether oxygens (including phenoxy) is 1. The monoisotopic (exact) mass is 415 g/mol. The molecule has 0 saturated carbocycles. The second-order valence-corrected chi connectivity index (χ2v) is 10.6. The van der Waals surface area contributed by atoms with Crippen molar-refractivity contribution in [1.29, 1.82) is 0 Å². The minimum Gasteiger partial charge on any atom is -0.464 e. The normalized spacial score (nSPS) is 11.3. The van der Waals surface area contributed by atoms with Crippen LogP contribution in [0.4, 0.5) is 0 Å². The average molecular weight is 415 g/mol. The fourth-order valence-electron chi connectivity index (χ4n) is 3.87. The van der Waals surface area contributed by atoms with Gasteiger partial charge in [0.05, 0.1) is 12.8 Å². The molecule has 30 heavy (non-hydrogen) atoms. The summed E-state index contributed by atoms with van der Waals surface area (Å²) in [5.74, 6) is -0.417. The van der Waals surface area contributed by atoms with Gasteiger partial charge in [-0.25, -0.2) is 4.79 Å². The second kappa shape index (κ2) is 8.64. The molecule has 0 aliphatic carbocycles. The SMILES string of the molecule is COC(=O)c1cc(C[P+](c2ccccc2)(c2ccccc2)c2ccccc2)n(C)n1. The quantitative estimate of drug-likeness (QED) is 0.356. The number of hydrogen-bond donors (Lipinski definition) is 0. The summed E-state index contributed by atoms with van der Waals surface area (Å²) in [6.45, 7) is 0. The Balaban J connectivity index is 1.96. The summed E-state index contributed by atoms with van der Waals surface area (Å²) in [5.41, 5.74) is 1.34. The lowest BCUT2D eigenvalue weighted by Crippen LogP contribution is -2.32. The van der Waals surface area contributed by atoms with Crippen LogP contribution in [0.2, 0.25) is 0 Å². The lowest BCUT2D eigenvalue weighted by Gasteiger charge is -2.27. The lowest BCUT2D eigenvalue weighted by atomic mass is 10.3. The molecule has 0 radical (unpaired) electrons. The molecular formula is C25H24N2O2P+. The number of methoxy groups -OCH3 is 1. The Morgan fingerprint density at radius 2 is 1.27 bits per heavy atom. The van der Waals surface area contributed by atoms with Gasteiger partial charge in [-0.15, -0.1) is 0 Å². The molecular weight excluding hydrogens is 391 g/mol. The molecule has 5 heteroatoms. The Kier molecular flexibility index (Phi) is 5.78. The van der Waals surface area contributed by atoms with Crippen LogP contribution in [0.3, 0.4) is 0 Å². The van der Waals surface area contributed by atoms with Crippen molar-refractivity contribution in [2.45, 2.75) is 6.16 Å². The molecule has 4 nitrogen and oxygen atoms in total. The predicted octanol–water partition coefficient (Wildman–Crippen LogP) is 3.70. The summed E-state index contributed by atoms with van der Waals surface area (Å²) in [7, 11) is 1.23. The topological polar surface area (TPSA) is 44.1 Å². The van der Waals surface area contributed by atoms with E-state index in [4.69, 9.17) is 4.74 Å². The first kappa shape index (κ1) is 20.1. The van der Waals surface area contributed by atoms with Gasteiger partial charge in [0.25, 0.3) is 0 Å². The van der Waals surface area contributed by atoms with E-state index >= 15 is 0 Å². The molecule has 0 bridgehead atoms. The molecule has 0 amide bonds. The highest BCUT2D eigenvalue weighted by atomic mass is 31.2. The molecule has 0 fully saturated rings. The van der Waals surface area contributed by atoms with Crippen LogP contribution in [-0.2, 0) is 17.9 Å². The maximum atomic E-state index is 12.1. The molecule has 0 saturated heterocycles. The van der Waals surface area contributed by atoms with Crippen LogP contribution < -0.4 is 15.9 Å². The molecule has 1 aromatic heterocycles. The Bertz CT molecular complexity index is 1030. The van der Waals surface area contributed by atoms with Crippen LogP contribution >= 0.6 is 7.26 Å². The van der Waals surface area contributed by atoms with E-state index in [2.05, 4.69) is 77.9 Å². The third-order valence-electron chi connectivity index (χ3n) is 5.36. The van der Waals surface area contributed by atoms with Crippen LogP contribution in [0.1, 0.15) is 16.2 Å². The van der Waals surface area contributed by atoms with Crippen molar-refractivity contribution in [1.82, 2.24) is 9.78 Å². The first-order chi connectivity index (χ1) is 14.6. The molecule has 0 N–H and O–H groups in total. The third kappa shape index (κ3) is 3.67. The van der Waals surface area contributed by atoms with E-state index in [9.17, 15) is 4.79 Å². The smallest absolute Gasteiger partial charge is 0.358 e. The lowest BCUT2D eigenvalue weighted by molar-refractivity contribution is 0.0593. The molecule has 0 aliphatic heterocycles. The summed E-state index contributed by atoms with van der Waals surface area (Å²) >= 11 is 0. The minimum absolute atomic E-state index is 0.335. The van der Waals surface area contributed by atoms with Gasteiger partial charge in [0, 0.05) is 7.05 Å². The maximum absolute atomic E-state index is 12.1. The molecule has 1 heterocycles. The number of hydrogen-bond acceptors (Lipinski definition) is 3. The van der Waals surface area contributed by atoms with Crippen LogP contribution in [-0.4, -0.2) is 22.9 Å². The van der Waals surface area contributed by atoms with Gasteiger partial charge >= 0.3 is 5.97 Å². The van der Waals surface area contributed by atoms with Gasteiger partial charge < -0.3 is 4.74 Å².